The van der Waals surface area contributed by atoms with Crippen LogP contribution >= 0.6 is 12.2 Å². The molecule has 2 N–H and O–H groups in total. The van der Waals surface area contributed by atoms with Gasteiger partial charge in [-0.15, -0.1) is 0 Å². The van der Waals surface area contributed by atoms with Crippen LogP contribution in [0.25, 0.3) is 0 Å². The predicted octanol–water partition coefficient (Wildman–Crippen LogP) is 0.673. The Morgan fingerprint density at radius 2 is 2.08 bits per heavy atom. The molecule has 0 bridgehead atoms. The first-order chi connectivity index (χ1) is 6.08. The number of carbonyl (C=O) groups is 1. The number of hydrogen-bond donors (Lipinski definition) is 1. The normalized spacial score (nSPS) is 23.8. The molecule has 1 amide bonds. The molecule has 0 aliphatic heterocycles. The molecule has 0 atom stereocenters. The van der Waals surface area contributed by atoms with Crippen LogP contribution in [0.1, 0.15) is 25.7 Å². The molecule has 0 heterocycles. The molecule has 2 saturated carbocycles. The van der Waals surface area contributed by atoms with Crippen molar-refractivity contribution in [2.75, 3.05) is 7.05 Å². The number of hydrogen-bond acceptors (Lipinski definition) is 2. The van der Waals surface area contributed by atoms with Crippen molar-refractivity contribution in [1.29, 1.82) is 0 Å². The molecule has 2 rings (SSSR count). The number of nitrogens with two attached hydrogens (primary N) is 1. The second-order valence-corrected chi connectivity index (χ2v) is 4.53. The summed E-state index contributed by atoms with van der Waals surface area (Å²) in [5, 5.41) is 0. The molecule has 72 valence electrons. The van der Waals surface area contributed by atoms with Gasteiger partial charge in [0.1, 0.15) is 0 Å². The summed E-state index contributed by atoms with van der Waals surface area (Å²) in [5.74, 6) is 0.141. The van der Waals surface area contributed by atoms with Gasteiger partial charge in [-0.25, -0.2) is 0 Å². The molecule has 0 radical (unpaired) electrons. The van der Waals surface area contributed by atoms with Crippen molar-refractivity contribution >= 4 is 23.1 Å². The van der Waals surface area contributed by atoms with E-state index in [1.807, 2.05) is 11.9 Å². The minimum atomic E-state index is -0.452. The highest BCUT2D eigenvalue weighted by molar-refractivity contribution is 7.80. The van der Waals surface area contributed by atoms with Crippen LogP contribution < -0.4 is 5.73 Å². The Hall–Kier alpha value is -0.640. The van der Waals surface area contributed by atoms with Gasteiger partial charge < -0.3 is 10.6 Å². The van der Waals surface area contributed by atoms with E-state index >= 15 is 0 Å². The first kappa shape index (κ1) is 8.94. The third-order valence-electron chi connectivity index (χ3n) is 3.05. The monoisotopic (exact) mass is 198 g/mol. The van der Waals surface area contributed by atoms with Gasteiger partial charge in [0.25, 0.3) is 0 Å². The molecular formula is C9H14N2OS. The molecular weight excluding hydrogens is 184 g/mol. The minimum absolute atomic E-state index is 0.141. The van der Waals surface area contributed by atoms with Crippen LogP contribution in [0.5, 0.6) is 0 Å². The van der Waals surface area contributed by atoms with Gasteiger partial charge in [-0.05, 0) is 25.7 Å². The van der Waals surface area contributed by atoms with Crippen molar-refractivity contribution in [3.63, 3.8) is 0 Å². The number of carbonyl (C=O) groups excluding carboxylic acids is 1. The van der Waals surface area contributed by atoms with Crippen molar-refractivity contribution in [1.82, 2.24) is 4.90 Å². The Morgan fingerprint density at radius 3 is 2.38 bits per heavy atom. The van der Waals surface area contributed by atoms with Crippen LogP contribution in [0.2, 0.25) is 0 Å². The Balaban J connectivity index is 2.07. The van der Waals surface area contributed by atoms with E-state index in [-0.39, 0.29) is 5.91 Å². The molecule has 0 aromatic carbocycles. The topological polar surface area (TPSA) is 46.3 Å². The average molecular weight is 198 g/mol. The summed E-state index contributed by atoms with van der Waals surface area (Å²) in [6, 6.07) is 0.458. The fraction of sp³-hybridized carbons (Fsp3) is 0.778. The minimum Gasteiger partial charge on any atom is -0.392 e. The van der Waals surface area contributed by atoms with Crippen molar-refractivity contribution < 1.29 is 4.79 Å². The van der Waals surface area contributed by atoms with Gasteiger partial charge in [-0.3, -0.25) is 4.79 Å². The van der Waals surface area contributed by atoms with Gasteiger partial charge in [-0.2, -0.15) is 0 Å². The van der Waals surface area contributed by atoms with Crippen LogP contribution in [0, 0.1) is 5.41 Å². The Labute approximate surface area is 83.3 Å². The maximum absolute atomic E-state index is 11.9. The zero-order chi connectivity index (χ0) is 9.64. The van der Waals surface area contributed by atoms with E-state index < -0.39 is 5.41 Å². The van der Waals surface area contributed by atoms with Crippen LogP contribution in [0.3, 0.4) is 0 Å². The van der Waals surface area contributed by atoms with Crippen molar-refractivity contribution in [3.05, 3.63) is 0 Å². The highest BCUT2D eigenvalue weighted by atomic mass is 32.1. The summed E-state index contributed by atoms with van der Waals surface area (Å²) in [5.41, 5.74) is 5.12. The van der Waals surface area contributed by atoms with E-state index in [0.29, 0.717) is 11.0 Å². The number of nitrogens with zero attached hydrogens (tertiary/aromatic N) is 1. The van der Waals surface area contributed by atoms with E-state index in [9.17, 15) is 4.79 Å². The van der Waals surface area contributed by atoms with Gasteiger partial charge >= 0.3 is 0 Å². The summed E-state index contributed by atoms with van der Waals surface area (Å²) >= 11 is 4.93. The van der Waals surface area contributed by atoms with Crippen molar-refractivity contribution in [2.24, 2.45) is 11.1 Å². The lowest BCUT2D eigenvalue weighted by atomic mass is 10.1. The van der Waals surface area contributed by atoms with E-state index in [4.69, 9.17) is 18.0 Å². The van der Waals surface area contributed by atoms with Crippen LogP contribution in [-0.2, 0) is 4.79 Å². The fourth-order valence-electron chi connectivity index (χ4n) is 1.66. The molecule has 0 aromatic rings. The average Bonchev–Trinajstić information content (AvgIpc) is 2.92. The number of amides is 1. The lowest BCUT2D eigenvalue weighted by Gasteiger charge is -2.22. The van der Waals surface area contributed by atoms with Gasteiger partial charge in [0.05, 0.1) is 10.4 Å². The Bertz CT molecular complexity index is 269. The summed E-state index contributed by atoms with van der Waals surface area (Å²) in [6.07, 6.45) is 3.96. The van der Waals surface area contributed by atoms with Gasteiger partial charge in [0.2, 0.25) is 5.91 Å². The third kappa shape index (κ3) is 1.33. The van der Waals surface area contributed by atoms with Crippen molar-refractivity contribution in [2.45, 2.75) is 31.7 Å². The Morgan fingerprint density at radius 1 is 1.54 bits per heavy atom. The maximum atomic E-state index is 11.9. The molecule has 13 heavy (non-hydrogen) atoms. The molecule has 2 aliphatic carbocycles. The summed E-state index contributed by atoms with van der Waals surface area (Å²) in [6.45, 7) is 0. The standard InChI is InChI=1S/C9H14N2OS/c1-11(6-2-3-6)8(12)9(4-5-9)7(10)13/h6H,2-5H2,1H3,(H2,10,13). The Kier molecular flexibility index (Phi) is 1.84. The van der Waals surface area contributed by atoms with Gasteiger partial charge in [0.15, 0.2) is 0 Å². The smallest absolute Gasteiger partial charge is 0.235 e. The first-order valence-electron chi connectivity index (χ1n) is 4.65. The molecule has 3 nitrogen and oxygen atoms in total. The zero-order valence-electron chi connectivity index (χ0n) is 7.75. The maximum Gasteiger partial charge on any atom is 0.235 e. The quantitative estimate of drug-likeness (QED) is 0.678. The SMILES string of the molecule is CN(C(=O)C1(C(N)=S)CC1)C1CC1. The summed E-state index contributed by atoms with van der Waals surface area (Å²) < 4.78 is 0. The summed E-state index contributed by atoms with van der Waals surface area (Å²) in [4.78, 5) is 14.1. The van der Waals surface area contributed by atoms with Gasteiger partial charge in [0, 0.05) is 13.1 Å². The predicted molar refractivity (Wildman–Crippen MR) is 54.2 cm³/mol. The largest absolute Gasteiger partial charge is 0.392 e. The molecule has 0 unspecified atom stereocenters. The van der Waals surface area contributed by atoms with Crippen LogP contribution in [0.15, 0.2) is 0 Å². The molecule has 0 aromatic heterocycles. The molecule has 0 spiro atoms. The highest BCUT2D eigenvalue weighted by Crippen LogP contribution is 2.48. The van der Waals surface area contributed by atoms with E-state index in [2.05, 4.69) is 0 Å². The molecule has 0 saturated heterocycles. The van der Waals surface area contributed by atoms with Crippen molar-refractivity contribution in [3.8, 4) is 0 Å². The van der Waals surface area contributed by atoms with E-state index in [0.717, 1.165) is 25.7 Å². The third-order valence-corrected chi connectivity index (χ3v) is 3.44. The molecule has 2 aliphatic rings. The number of rotatable bonds is 3. The van der Waals surface area contributed by atoms with Gasteiger partial charge in [-0.1, -0.05) is 12.2 Å². The van der Waals surface area contributed by atoms with E-state index in [1.54, 1.807) is 0 Å². The second kappa shape index (κ2) is 2.67. The summed E-state index contributed by atoms with van der Waals surface area (Å²) in [7, 11) is 1.86. The first-order valence-corrected chi connectivity index (χ1v) is 5.06. The number of thiocarbonyl (C=S) groups is 1. The lowest BCUT2D eigenvalue weighted by Crippen LogP contribution is -2.41. The van der Waals surface area contributed by atoms with Crippen LogP contribution in [-0.4, -0.2) is 28.9 Å². The highest BCUT2D eigenvalue weighted by Gasteiger charge is 2.55. The molecule has 2 fully saturated rings. The van der Waals surface area contributed by atoms with E-state index in [1.165, 1.54) is 0 Å². The zero-order valence-corrected chi connectivity index (χ0v) is 8.56. The second-order valence-electron chi connectivity index (χ2n) is 4.09. The van der Waals surface area contributed by atoms with Crippen LogP contribution in [0.4, 0.5) is 0 Å². The lowest BCUT2D eigenvalue weighted by molar-refractivity contribution is -0.133. The fourth-order valence-corrected chi connectivity index (χ4v) is 1.95. The molecule has 4 heteroatoms.